The van der Waals surface area contributed by atoms with Crippen LogP contribution in [0.1, 0.15) is 46.7 Å². The van der Waals surface area contributed by atoms with Crippen LogP contribution in [0.2, 0.25) is 0 Å². The van der Waals surface area contributed by atoms with Crippen LogP contribution in [-0.2, 0) is 11.2 Å². The summed E-state index contributed by atoms with van der Waals surface area (Å²) in [6.07, 6.45) is 4.11. The van der Waals surface area contributed by atoms with E-state index in [2.05, 4.69) is 31.1 Å². The molecule has 0 radical (unpaired) electrons. The summed E-state index contributed by atoms with van der Waals surface area (Å²) in [5, 5.41) is 3.05. The van der Waals surface area contributed by atoms with Gasteiger partial charge in [0.05, 0.1) is 12.1 Å². The average Bonchev–Trinajstić information content (AvgIpc) is 2.65. The molecular formula is C17H24FN3O. The number of carbonyl (C=O) groups excluding carboxylic acids is 1. The van der Waals surface area contributed by atoms with E-state index in [1.54, 1.807) is 16.7 Å². The molecule has 120 valence electrons. The Morgan fingerprint density at radius 2 is 1.91 bits per heavy atom. The predicted octanol–water partition coefficient (Wildman–Crippen LogP) is 3.35. The summed E-state index contributed by atoms with van der Waals surface area (Å²) in [6.45, 7) is 10.5. The largest absolute Gasteiger partial charge is 0.351 e. The first-order chi connectivity index (χ1) is 10.0. The molecule has 0 saturated heterocycles. The molecule has 1 amide bonds. The van der Waals surface area contributed by atoms with Crippen molar-refractivity contribution in [3.63, 3.8) is 0 Å². The third-order valence-electron chi connectivity index (χ3n) is 3.26. The van der Waals surface area contributed by atoms with Crippen molar-refractivity contribution in [2.45, 2.75) is 53.0 Å². The highest BCUT2D eigenvalue weighted by molar-refractivity contribution is 5.79. The average molecular weight is 305 g/mol. The summed E-state index contributed by atoms with van der Waals surface area (Å²) in [5.74, 6) is -0.398. The Morgan fingerprint density at radius 1 is 1.23 bits per heavy atom. The van der Waals surface area contributed by atoms with Gasteiger partial charge in [-0.3, -0.25) is 4.79 Å². The second-order valence-electron chi connectivity index (χ2n) is 7.69. The third-order valence-corrected chi connectivity index (χ3v) is 3.26. The van der Waals surface area contributed by atoms with Gasteiger partial charge in [0, 0.05) is 17.9 Å². The second-order valence-corrected chi connectivity index (χ2v) is 7.69. The van der Waals surface area contributed by atoms with Gasteiger partial charge in [-0.25, -0.2) is 9.37 Å². The molecular weight excluding hydrogens is 281 g/mol. The third kappa shape index (κ3) is 4.55. The number of hydrogen-bond donors (Lipinski definition) is 1. The first-order valence-corrected chi connectivity index (χ1v) is 7.48. The Morgan fingerprint density at radius 3 is 2.55 bits per heavy atom. The van der Waals surface area contributed by atoms with Crippen LogP contribution < -0.4 is 5.32 Å². The minimum atomic E-state index is -0.327. The smallest absolute Gasteiger partial charge is 0.226 e. The van der Waals surface area contributed by atoms with Crippen LogP contribution in [0.4, 0.5) is 4.39 Å². The highest BCUT2D eigenvalue weighted by Crippen LogP contribution is 2.26. The van der Waals surface area contributed by atoms with Crippen LogP contribution in [0.5, 0.6) is 0 Å². The number of amides is 1. The molecule has 0 fully saturated rings. The van der Waals surface area contributed by atoms with Crippen LogP contribution in [0.3, 0.4) is 0 Å². The molecule has 0 atom stereocenters. The van der Waals surface area contributed by atoms with E-state index < -0.39 is 0 Å². The molecule has 2 heterocycles. The number of nitrogens with zero attached hydrogens (tertiary/aromatic N) is 2. The van der Waals surface area contributed by atoms with Crippen LogP contribution in [0, 0.1) is 11.2 Å². The van der Waals surface area contributed by atoms with Gasteiger partial charge in [0.1, 0.15) is 11.5 Å². The van der Waals surface area contributed by atoms with Crippen molar-refractivity contribution < 1.29 is 9.18 Å². The van der Waals surface area contributed by atoms with Gasteiger partial charge in [-0.15, -0.1) is 0 Å². The summed E-state index contributed by atoms with van der Waals surface area (Å²) in [4.78, 5) is 16.6. The molecule has 0 aliphatic carbocycles. The fourth-order valence-corrected chi connectivity index (χ4v) is 3.06. The Hall–Kier alpha value is -1.91. The minimum absolute atomic E-state index is 0.0712. The molecule has 1 N–H and O–H groups in total. The lowest BCUT2D eigenvalue weighted by Gasteiger charge is -2.33. The van der Waals surface area contributed by atoms with Gasteiger partial charge >= 0.3 is 0 Å². The Bertz CT molecular complexity index is 683. The molecule has 2 aromatic heterocycles. The van der Waals surface area contributed by atoms with Crippen molar-refractivity contribution in [3.05, 3.63) is 36.0 Å². The molecule has 0 spiro atoms. The fraction of sp³-hybridized carbons (Fsp3) is 0.529. The van der Waals surface area contributed by atoms with Gasteiger partial charge in [-0.05, 0) is 37.8 Å². The quantitative estimate of drug-likeness (QED) is 0.941. The van der Waals surface area contributed by atoms with Gasteiger partial charge in [0.15, 0.2) is 0 Å². The summed E-state index contributed by atoms with van der Waals surface area (Å²) in [6, 6.07) is 2.96. The van der Waals surface area contributed by atoms with Crippen molar-refractivity contribution in [1.29, 1.82) is 0 Å². The maximum absolute atomic E-state index is 13.2. The van der Waals surface area contributed by atoms with Crippen molar-refractivity contribution in [2.75, 3.05) is 0 Å². The van der Waals surface area contributed by atoms with Crippen LogP contribution in [0.25, 0.3) is 5.65 Å². The van der Waals surface area contributed by atoms with E-state index in [0.717, 1.165) is 6.42 Å². The zero-order valence-electron chi connectivity index (χ0n) is 13.9. The number of aromatic nitrogens is 2. The van der Waals surface area contributed by atoms with Gasteiger partial charge in [-0.2, -0.15) is 0 Å². The van der Waals surface area contributed by atoms with Crippen LogP contribution in [-0.4, -0.2) is 20.8 Å². The van der Waals surface area contributed by atoms with E-state index in [1.165, 1.54) is 12.3 Å². The maximum atomic E-state index is 13.2. The normalized spacial score (nSPS) is 12.6. The molecule has 0 aliphatic rings. The number of rotatable bonds is 4. The number of imidazole rings is 1. The molecule has 4 nitrogen and oxygen atoms in total. The fourth-order valence-electron chi connectivity index (χ4n) is 3.06. The summed E-state index contributed by atoms with van der Waals surface area (Å²) in [7, 11) is 0. The summed E-state index contributed by atoms with van der Waals surface area (Å²) >= 11 is 0. The van der Waals surface area contributed by atoms with E-state index in [0.29, 0.717) is 11.3 Å². The van der Waals surface area contributed by atoms with Gasteiger partial charge < -0.3 is 9.72 Å². The standard InChI is InChI=1S/C17H24FN3O/c1-16(2,3)11-17(4,5)20-15(22)8-13-10-21-9-12(18)6-7-14(21)19-13/h6-7,9-10H,8,11H2,1-5H3,(H,20,22). The number of halogens is 1. The van der Waals surface area contributed by atoms with E-state index >= 15 is 0 Å². The SMILES string of the molecule is CC(C)(C)CC(C)(C)NC(=O)Cc1cn2cc(F)ccc2n1. The molecule has 22 heavy (non-hydrogen) atoms. The highest BCUT2D eigenvalue weighted by Gasteiger charge is 2.27. The molecule has 0 aromatic carbocycles. The van der Waals surface area contributed by atoms with E-state index in [-0.39, 0.29) is 29.1 Å². The number of pyridine rings is 1. The lowest BCUT2D eigenvalue weighted by Crippen LogP contribution is -2.46. The Balaban J connectivity index is 2.04. The Labute approximate surface area is 130 Å². The van der Waals surface area contributed by atoms with Crippen LogP contribution >= 0.6 is 0 Å². The lowest BCUT2D eigenvalue weighted by atomic mass is 9.82. The first-order valence-electron chi connectivity index (χ1n) is 7.48. The molecule has 2 rings (SSSR count). The first kappa shape index (κ1) is 16.5. The molecule has 0 unspecified atom stereocenters. The molecule has 2 aromatic rings. The van der Waals surface area contributed by atoms with Crippen molar-refractivity contribution in [2.24, 2.45) is 5.41 Å². The topological polar surface area (TPSA) is 46.4 Å². The number of fused-ring (bicyclic) bond motifs is 1. The molecule has 5 heteroatoms. The van der Waals surface area contributed by atoms with E-state index in [9.17, 15) is 9.18 Å². The molecule has 0 bridgehead atoms. The van der Waals surface area contributed by atoms with E-state index in [1.807, 2.05) is 13.8 Å². The van der Waals surface area contributed by atoms with Crippen molar-refractivity contribution >= 4 is 11.6 Å². The Kier molecular flexibility index (Phi) is 4.27. The minimum Gasteiger partial charge on any atom is -0.351 e. The van der Waals surface area contributed by atoms with Crippen molar-refractivity contribution in [3.8, 4) is 0 Å². The monoisotopic (exact) mass is 305 g/mol. The highest BCUT2D eigenvalue weighted by atomic mass is 19.1. The summed E-state index contributed by atoms with van der Waals surface area (Å²) < 4.78 is 14.8. The van der Waals surface area contributed by atoms with Gasteiger partial charge in [-0.1, -0.05) is 20.8 Å². The molecule has 0 saturated carbocycles. The number of carbonyl (C=O) groups is 1. The zero-order valence-corrected chi connectivity index (χ0v) is 13.9. The number of nitrogens with one attached hydrogen (secondary N) is 1. The van der Waals surface area contributed by atoms with Crippen molar-refractivity contribution in [1.82, 2.24) is 14.7 Å². The maximum Gasteiger partial charge on any atom is 0.226 e. The van der Waals surface area contributed by atoms with E-state index in [4.69, 9.17) is 0 Å². The predicted molar refractivity (Wildman–Crippen MR) is 85.1 cm³/mol. The second kappa shape index (κ2) is 5.71. The summed E-state index contributed by atoms with van der Waals surface area (Å²) in [5.41, 5.74) is 1.13. The lowest BCUT2D eigenvalue weighted by molar-refractivity contribution is -0.122. The van der Waals surface area contributed by atoms with Gasteiger partial charge in [0.2, 0.25) is 5.91 Å². The number of hydrogen-bond acceptors (Lipinski definition) is 2. The van der Waals surface area contributed by atoms with Crippen LogP contribution in [0.15, 0.2) is 24.5 Å². The zero-order chi connectivity index (χ0) is 16.5. The molecule has 0 aliphatic heterocycles. The van der Waals surface area contributed by atoms with Gasteiger partial charge in [0.25, 0.3) is 0 Å².